The van der Waals surface area contributed by atoms with Crippen molar-refractivity contribution in [1.29, 1.82) is 0 Å². The van der Waals surface area contributed by atoms with E-state index in [0.29, 0.717) is 0 Å². The van der Waals surface area contributed by atoms with Gasteiger partial charge in [0, 0.05) is 31.0 Å². The highest BCUT2D eigenvalue weighted by molar-refractivity contribution is 7.89. The molecule has 11 nitrogen and oxygen atoms in total. The van der Waals surface area contributed by atoms with Crippen molar-refractivity contribution in [2.45, 2.75) is 4.90 Å². The van der Waals surface area contributed by atoms with Crippen LogP contribution in [0.3, 0.4) is 0 Å². The molecule has 1 aromatic heterocycles. The first-order chi connectivity index (χ1) is 21.5. The Morgan fingerprint density at radius 1 is 0.733 bits per heavy atom. The minimum absolute atomic E-state index is 0.0469. The van der Waals surface area contributed by atoms with Gasteiger partial charge in [0.1, 0.15) is 5.82 Å². The van der Waals surface area contributed by atoms with Gasteiger partial charge in [-0.3, -0.25) is 9.10 Å². The molecule has 0 unspecified atom stereocenters. The average Bonchev–Trinajstić information content (AvgIpc) is 3.04. The van der Waals surface area contributed by atoms with Crippen LogP contribution in [0.15, 0.2) is 132 Å². The van der Waals surface area contributed by atoms with Crippen molar-refractivity contribution in [3.63, 3.8) is 0 Å². The highest BCUT2D eigenvalue weighted by Gasteiger charge is 2.37. The molecule has 0 spiro atoms. The Labute approximate surface area is 259 Å². The van der Waals surface area contributed by atoms with Gasteiger partial charge in [-0.25, -0.2) is 23.0 Å². The molecule has 0 atom stereocenters. The lowest BCUT2D eigenvalue weighted by Crippen LogP contribution is -2.37. The Morgan fingerprint density at radius 2 is 1.22 bits per heavy atom. The van der Waals surface area contributed by atoms with Crippen LogP contribution >= 0.6 is 0 Å². The van der Waals surface area contributed by atoms with Crippen LogP contribution in [0.2, 0.25) is 0 Å². The van der Waals surface area contributed by atoms with Gasteiger partial charge in [-0.2, -0.15) is 0 Å². The van der Waals surface area contributed by atoms with Crippen molar-refractivity contribution in [2.75, 3.05) is 12.4 Å². The van der Waals surface area contributed by atoms with Crippen molar-refractivity contribution in [3.05, 3.63) is 144 Å². The number of nitrogens with zero attached hydrogens (tertiary/aromatic N) is 2. The molecule has 1 aliphatic heterocycles. The zero-order valence-electron chi connectivity index (χ0n) is 23.9. The first-order valence-corrected chi connectivity index (χ1v) is 14.6. The number of rotatable bonds is 6. The maximum Gasteiger partial charge on any atom is 0.328 e. The summed E-state index contributed by atoms with van der Waals surface area (Å²) >= 11 is 0. The normalized spacial score (nSPS) is 13.1. The second-order valence-electron chi connectivity index (χ2n) is 9.00. The summed E-state index contributed by atoms with van der Waals surface area (Å²) in [6, 6.07) is 29.5. The van der Waals surface area contributed by atoms with E-state index in [2.05, 4.69) is 10.3 Å². The van der Waals surface area contributed by atoms with Gasteiger partial charge in [0.05, 0.1) is 4.90 Å². The van der Waals surface area contributed by atoms with Gasteiger partial charge in [-0.05, 0) is 47.5 Å². The standard InChI is InChI=1S/C15H13N3O4S.2C9H8O2/c1-18-13(15(20)17-12-8-4-5-9-16-12)14(19)10-6-2-3-7-11(10)23(18,21)22;2*10-9(11)7-6-8-4-2-1-3-5-8/h2-9,19H,1H3,(H,16,17,20);2*1-7H,(H,10,11). The highest BCUT2D eigenvalue weighted by atomic mass is 32.2. The van der Waals surface area contributed by atoms with Crippen LogP contribution < -0.4 is 5.32 Å². The lowest BCUT2D eigenvalue weighted by Gasteiger charge is -2.28. The fourth-order valence-electron chi connectivity index (χ4n) is 3.76. The van der Waals surface area contributed by atoms with E-state index >= 15 is 0 Å². The average molecular weight is 628 g/mol. The Kier molecular flexibility index (Phi) is 11.9. The summed E-state index contributed by atoms with van der Waals surface area (Å²) in [5, 5.41) is 29.4. The number of carboxylic acid groups (broad SMARTS) is 2. The summed E-state index contributed by atoms with van der Waals surface area (Å²) in [6.45, 7) is 0. The number of aliphatic carboxylic acids is 2. The topological polar surface area (TPSA) is 174 Å². The summed E-state index contributed by atoms with van der Waals surface area (Å²) in [5.74, 6) is -2.75. The minimum Gasteiger partial charge on any atom is -0.505 e. The molecule has 4 N–H and O–H groups in total. The van der Waals surface area contributed by atoms with Gasteiger partial charge in [-0.15, -0.1) is 0 Å². The molecule has 3 aromatic carbocycles. The number of carboxylic acids is 2. The van der Waals surface area contributed by atoms with E-state index in [4.69, 9.17) is 10.2 Å². The number of carbonyl (C=O) groups is 3. The zero-order valence-corrected chi connectivity index (χ0v) is 24.7. The highest BCUT2D eigenvalue weighted by Crippen LogP contribution is 2.34. The molecule has 0 saturated carbocycles. The molecule has 0 bridgehead atoms. The molecule has 12 heteroatoms. The Hall–Kier alpha value is -6.01. The van der Waals surface area contributed by atoms with Crippen molar-refractivity contribution in [2.24, 2.45) is 0 Å². The van der Waals surface area contributed by atoms with Gasteiger partial charge in [0.15, 0.2) is 11.5 Å². The molecular formula is C33H29N3O8S. The van der Waals surface area contributed by atoms with Crippen LogP contribution in [0, 0.1) is 0 Å². The number of benzene rings is 3. The number of hydrogen-bond acceptors (Lipinski definition) is 7. The Balaban J connectivity index is 0.000000210. The number of sulfonamides is 1. The molecule has 1 aliphatic rings. The number of aliphatic hydroxyl groups is 1. The van der Waals surface area contributed by atoms with Crippen LogP contribution in [0.4, 0.5) is 5.82 Å². The number of anilines is 1. The van der Waals surface area contributed by atoms with E-state index in [1.807, 2.05) is 60.7 Å². The number of pyridine rings is 1. The number of carbonyl (C=O) groups excluding carboxylic acids is 1. The first-order valence-electron chi connectivity index (χ1n) is 13.2. The quantitative estimate of drug-likeness (QED) is 0.211. The Morgan fingerprint density at radius 3 is 1.71 bits per heavy atom. The smallest absolute Gasteiger partial charge is 0.328 e. The zero-order chi connectivity index (χ0) is 32.8. The first kappa shape index (κ1) is 33.5. The maximum atomic E-state index is 12.5. The van der Waals surface area contributed by atoms with E-state index in [0.717, 1.165) is 27.6 Å². The molecule has 1 amide bonds. The predicted molar refractivity (Wildman–Crippen MR) is 170 cm³/mol. The second kappa shape index (κ2) is 16.0. The number of nitrogens with one attached hydrogen (secondary N) is 1. The molecule has 230 valence electrons. The Bertz CT molecular complexity index is 1760. The second-order valence-corrected chi connectivity index (χ2v) is 10.9. The van der Waals surface area contributed by atoms with Crippen molar-refractivity contribution >= 4 is 51.6 Å². The van der Waals surface area contributed by atoms with E-state index in [1.165, 1.54) is 25.4 Å². The third-order valence-corrected chi connectivity index (χ3v) is 7.69. The molecule has 0 aliphatic carbocycles. The third-order valence-electron chi connectivity index (χ3n) is 5.88. The number of amides is 1. The van der Waals surface area contributed by atoms with Gasteiger partial charge >= 0.3 is 11.9 Å². The largest absolute Gasteiger partial charge is 0.505 e. The van der Waals surface area contributed by atoms with E-state index < -0.39 is 33.6 Å². The number of likely N-dealkylation sites (N-methyl/N-ethyl adjacent to an activating group) is 1. The number of fused-ring (bicyclic) bond motifs is 1. The molecular weight excluding hydrogens is 598 g/mol. The monoisotopic (exact) mass is 627 g/mol. The molecule has 45 heavy (non-hydrogen) atoms. The lowest BCUT2D eigenvalue weighted by atomic mass is 10.1. The van der Waals surface area contributed by atoms with Gasteiger partial charge < -0.3 is 20.6 Å². The molecule has 0 fully saturated rings. The molecule has 5 rings (SSSR count). The number of aromatic nitrogens is 1. The van der Waals surface area contributed by atoms with Crippen molar-refractivity contribution < 1.29 is 38.1 Å². The SMILES string of the molecule is CN1C(C(=O)Nc2ccccn2)=C(O)c2ccccc2S1(=O)=O.O=C(O)C=Cc1ccccc1.O=C(O)C=Cc1ccccc1. The van der Waals surface area contributed by atoms with Crippen LogP contribution in [0.5, 0.6) is 0 Å². The van der Waals surface area contributed by atoms with Crippen molar-refractivity contribution in [1.82, 2.24) is 9.29 Å². The molecule has 0 saturated heterocycles. The minimum atomic E-state index is -3.91. The summed E-state index contributed by atoms with van der Waals surface area (Å²) in [5.41, 5.74) is 1.54. The van der Waals surface area contributed by atoms with Crippen LogP contribution in [-0.4, -0.2) is 57.9 Å². The lowest BCUT2D eigenvalue weighted by molar-refractivity contribution is -0.132. The fourth-order valence-corrected chi connectivity index (χ4v) is 5.16. The maximum absolute atomic E-state index is 12.5. The molecule has 2 heterocycles. The molecule has 0 radical (unpaired) electrons. The van der Waals surface area contributed by atoms with Gasteiger partial charge in [0.2, 0.25) is 0 Å². The van der Waals surface area contributed by atoms with Crippen LogP contribution in [-0.2, 0) is 24.4 Å². The third kappa shape index (κ3) is 9.76. The fraction of sp³-hybridized carbons (Fsp3) is 0.0303. The van der Waals surface area contributed by atoms with E-state index in [1.54, 1.807) is 42.5 Å². The van der Waals surface area contributed by atoms with Crippen LogP contribution in [0.1, 0.15) is 16.7 Å². The summed E-state index contributed by atoms with van der Waals surface area (Å²) in [6.07, 6.45) is 6.84. The predicted octanol–water partition coefficient (Wildman–Crippen LogP) is 5.15. The van der Waals surface area contributed by atoms with Crippen molar-refractivity contribution in [3.8, 4) is 0 Å². The summed E-state index contributed by atoms with van der Waals surface area (Å²) < 4.78 is 25.8. The van der Waals surface area contributed by atoms with Gasteiger partial charge in [0.25, 0.3) is 15.9 Å². The summed E-state index contributed by atoms with van der Waals surface area (Å²) in [7, 11) is -2.69. The van der Waals surface area contributed by atoms with E-state index in [9.17, 15) is 27.9 Å². The van der Waals surface area contributed by atoms with Gasteiger partial charge in [-0.1, -0.05) is 78.9 Å². The van der Waals surface area contributed by atoms with E-state index in [-0.39, 0.29) is 22.0 Å². The van der Waals surface area contributed by atoms with Crippen LogP contribution in [0.25, 0.3) is 17.9 Å². The molecule has 4 aromatic rings. The summed E-state index contributed by atoms with van der Waals surface area (Å²) in [4.78, 5) is 36.5. The number of hydrogen-bond donors (Lipinski definition) is 4. The number of aliphatic hydroxyl groups excluding tert-OH is 1.